The summed E-state index contributed by atoms with van der Waals surface area (Å²) >= 11 is 1.83. The zero-order valence-electron chi connectivity index (χ0n) is 10.3. The summed E-state index contributed by atoms with van der Waals surface area (Å²) in [5.41, 5.74) is 1.20. The molecule has 0 aromatic carbocycles. The molecule has 1 aromatic rings. The molecule has 3 heteroatoms. The Bertz CT molecular complexity index is 294. The summed E-state index contributed by atoms with van der Waals surface area (Å²) in [5, 5.41) is 4.58. The van der Waals surface area contributed by atoms with Gasteiger partial charge in [-0.05, 0) is 27.3 Å². The van der Waals surface area contributed by atoms with Crippen molar-refractivity contribution in [1.29, 1.82) is 0 Å². The standard InChI is InChI=1S/C12H22N2S/c1-5-6-7-8-11(13-4)12-9(2)14-10(3)15-12/h11,13H,5-8H2,1-4H3. The molecule has 0 fully saturated rings. The van der Waals surface area contributed by atoms with Gasteiger partial charge in [0.2, 0.25) is 0 Å². The Morgan fingerprint density at radius 3 is 2.53 bits per heavy atom. The van der Waals surface area contributed by atoms with Crippen LogP contribution in [0.1, 0.15) is 54.2 Å². The van der Waals surface area contributed by atoms with Crippen molar-refractivity contribution < 1.29 is 0 Å². The minimum Gasteiger partial charge on any atom is -0.312 e. The number of nitrogens with one attached hydrogen (secondary N) is 1. The van der Waals surface area contributed by atoms with Crippen LogP contribution in [-0.4, -0.2) is 12.0 Å². The summed E-state index contributed by atoms with van der Waals surface area (Å²) in [6.07, 6.45) is 5.15. The largest absolute Gasteiger partial charge is 0.312 e. The first kappa shape index (κ1) is 12.7. The number of nitrogens with zero attached hydrogens (tertiary/aromatic N) is 1. The van der Waals surface area contributed by atoms with E-state index in [1.807, 2.05) is 18.4 Å². The Balaban J connectivity index is 2.61. The molecule has 0 bridgehead atoms. The predicted molar refractivity (Wildman–Crippen MR) is 67.5 cm³/mol. The third kappa shape index (κ3) is 3.58. The van der Waals surface area contributed by atoms with Crippen LogP contribution in [-0.2, 0) is 0 Å². The van der Waals surface area contributed by atoms with Crippen molar-refractivity contribution in [2.24, 2.45) is 0 Å². The Hall–Kier alpha value is -0.410. The minimum absolute atomic E-state index is 0.503. The maximum Gasteiger partial charge on any atom is 0.0900 e. The van der Waals surface area contributed by atoms with Crippen LogP contribution in [0.15, 0.2) is 0 Å². The van der Waals surface area contributed by atoms with Crippen LogP contribution in [0.3, 0.4) is 0 Å². The number of aryl methyl sites for hydroxylation is 2. The van der Waals surface area contributed by atoms with Crippen LogP contribution >= 0.6 is 11.3 Å². The van der Waals surface area contributed by atoms with E-state index in [-0.39, 0.29) is 0 Å². The molecule has 0 saturated heterocycles. The van der Waals surface area contributed by atoms with E-state index in [0.29, 0.717) is 6.04 Å². The highest BCUT2D eigenvalue weighted by Crippen LogP contribution is 2.28. The van der Waals surface area contributed by atoms with Gasteiger partial charge in [0, 0.05) is 10.9 Å². The molecule has 0 aliphatic heterocycles. The van der Waals surface area contributed by atoms with Crippen molar-refractivity contribution >= 4 is 11.3 Å². The lowest BCUT2D eigenvalue weighted by molar-refractivity contribution is 0.516. The molecular formula is C12H22N2S. The first-order valence-corrected chi connectivity index (χ1v) is 6.61. The van der Waals surface area contributed by atoms with Crippen molar-refractivity contribution in [2.45, 2.75) is 52.5 Å². The first-order chi connectivity index (χ1) is 7.19. The van der Waals surface area contributed by atoms with Gasteiger partial charge in [-0.1, -0.05) is 26.2 Å². The molecule has 0 aliphatic carbocycles. The highest BCUT2D eigenvalue weighted by Gasteiger charge is 2.14. The van der Waals surface area contributed by atoms with Crippen LogP contribution < -0.4 is 5.32 Å². The van der Waals surface area contributed by atoms with Crippen molar-refractivity contribution in [2.75, 3.05) is 7.05 Å². The number of unbranched alkanes of at least 4 members (excludes halogenated alkanes) is 2. The maximum atomic E-state index is 4.49. The molecule has 0 spiro atoms. The Kier molecular flexibility index (Phi) is 5.26. The summed E-state index contributed by atoms with van der Waals surface area (Å²) in [6, 6.07) is 0.503. The van der Waals surface area contributed by atoms with Gasteiger partial charge in [-0.2, -0.15) is 0 Å². The number of thiazole rings is 1. The summed E-state index contributed by atoms with van der Waals surface area (Å²) in [6.45, 7) is 6.44. The fourth-order valence-corrected chi connectivity index (χ4v) is 2.95. The molecule has 15 heavy (non-hydrogen) atoms. The fraction of sp³-hybridized carbons (Fsp3) is 0.750. The van der Waals surface area contributed by atoms with E-state index in [1.165, 1.54) is 41.3 Å². The first-order valence-electron chi connectivity index (χ1n) is 5.80. The predicted octanol–water partition coefficient (Wildman–Crippen LogP) is 3.60. The van der Waals surface area contributed by atoms with Gasteiger partial charge in [-0.15, -0.1) is 11.3 Å². The molecule has 0 aliphatic rings. The lowest BCUT2D eigenvalue weighted by atomic mass is 10.1. The molecule has 86 valence electrons. The fourth-order valence-electron chi connectivity index (χ4n) is 1.88. The zero-order valence-corrected chi connectivity index (χ0v) is 11.1. The van der Waals surface area contributed by atoms with Gasteiger partial charge < -0.3 is 5.32 Å². The van der Waals surface area contributed by atoms with E-state index in [1.54, 1.807) is 0 Å². The molecule has 1 aromatic heterocycles. The molecule has 1 rings (SSSR count). The lowest BCUT2D eigenvalue weighted by Crippen LogP contribution is -2.15. The van der Waals surface area contributed by atoms with E-state index >= 15 is 0 Å². The molecule has 0 amide bonds. The van der Waals surface area contributed by atoms with Gasteiger partial charge in [0.1, 0.15) is 0 Å². The second-order valence-corrected chi connectivity index (χ2v) is 5.25. The summed E-state index contributed by atoms with van der Waals surface area (Å²) in [5.74, 6) is 0. The molecular weight excluding hydrogens is 204 g/mol. The molecule has 0 saturated carbocycles. The third-order valence-electron chi connectivity index (χ3n) is 2.70. The van der Waals surface area contributed by atoms with Crippen molar-refractivity contribution in [3.05, 3.63) is 15.6 Å². The Morgan fingerprint density at radius 1 is 1.33 bits per heavy atom. The molecule has 2 nitrogen and oxygen atoms in total. The number of hydrogen-bond acceptors (Lipinski definition) is 3. The van der Waals surface area contributed by atoms with Gasteiger partial charge >= 0.3 is 0 Å². The molecule has 1 heterocycles. The van der Waals surface area contributed by atoms with Crippen LogP contribution in [0.5, 0.6) is 0 Å². The Labute approximate surface area is 97.1 Å². The van der Waals surface area contributed by atoms with Crippen LogP contribution in [0, 0.1) is 13.8 Å². The minimum atomic E-state index is 0.503. The average molecular weight is 226 g/mol. The summed E-state index contributed by atoms with van der Waals surface area (Å²) in [7, 11) is 2.05. The van der Waals surface area contributed by atoms with Gasteiger partial charge in [0.05, 0.1) is 10.7 Å². The maximum absolute atomic E-state index is 4.49. The van der Waals surface area contributed by atoms with Crippen LogP contribution in [0.2, 0.25) is 0 Å². The van der Waals surface area contributed by atoms with Crippen LogP contribution in [0.4, 0.5) is 0 Å². The van der Waals surface area contributed by atoms with E-state index in [0.717, 1.165) is 0 Å². The van der Waals surface area contributed by atoms with E-state index in [9.17, 15) is 0 Å². The molecule has 1 unspecified atom stereocenters. The molecule has 0 radical (unpaired) electrons. The summed E-state index contributed by atoms with van der Waals surface area (Å²) in [4.78, 5) is 5.91. The highest BCUT2D eigenvalue weighted by atomic mass is 32.1. The van der Waals surface area contributed by atoms with E-state index in [4.69, 9.17) is 0 Å². The normalized spacial score (nSPS) is 13.1. The van der Waals surface area contributed by atoms with Gasteiger partial charge in [0.15, 0.2) is 0 Å². The second-order valence-electron chi connectivity index (χ2n) is 4.02. The van der Waals surface area contributed by atoms with Gasteiger partial charge in [-0.3, -0.25) is 0 Å². The Morgan fingerprint density at radius 2 is 2.07 bits per heavy atom. The monoisotopic (exact) mass is 226 g/mol. The van der Waals surface area contributed by atoms with Gasteiger partial charge in [-0.25, -0.2) is 4.98 Å². The number of hydrogen-bond donors (Lipinski definition) is 1. The molecule has 1 N–H and O–H groups in total. The lowest BCUT2D eigenvalue weighted by Gasteiger charge is -2.14. The summed E-state index contributed by atoms with van der Waals surface area (Å²) < 4.78 is 0. The quantitative estimate of drug-likeness (QED) is 0.750. The van der Waals surface area contributed by atoms with Gasteiger partial charge in [0.25, 0.3) is 0 Å². The highest BCUT2D eigenvalue weighted by molar-refractivity contribution is 7.11. The zero-order chi connectivity index (χ0) is 11.3. The van der Waals surface area contributed by atoms with E-state index in [2.05, 4.69) is 31.1 Å². The smallest absolute Gasteiger partial charge is 0.0900 e. The average Bonchev–Trinajstić information content (AvgIpc) is 2.53. The van der Waals surface area contributed by atoms with Crippen molar-refractivity contribution in [1.82, 2.24) is 10.3 Å². The van der Waals surface area contributed by atoms with Crippen LogP contribution in [0.25, 0.3) is 0 Å². The molecule has 1 atom stereocenters. The SMILES string of the molecule is CCCCCC(NC)c1sc(C)nc1C. The van der Waals surface area contributed by atoms with E-state index < -0.39 is 0 Å². The topological polar surface area (TPSA) is 24.9 Å². The number of aromatic nitrogens is 1. The van der Waals surface area contributed by atoms with Crippen molar-refractivity contribution in [3.63, 3.8) is 0 Å². The third-order valence-corrected chi connectivity index (χ3v) is 3.89. The van der Waals surface area contributed by atoms with Crippen molar-refractivity contribution in [3.8, 4) is 0 Å². The number of rotatable bonds is 6. The second kappa shape index (κ2) is 6.23.